The van der Waals surface area contributed by atoms with E-state index in [-0.39, 0.29) is 16.6 Å². The fourth-order valence-corrected chi connectivity index (χ4v) is 6.32. The lowest BCUT2D eigenvalue weighted by Gasteiger charge is -2.41. The fourth-order valence-electron chi connectivity index (χ4n) is 2.76. The summed E-state index contributed by atoms with van der Waals surface area (Å²) in [4.78, 5) is 24.5. The first-order valence-electron chi connectivity index (χ1n) is 7.98. The molecule has 142 valence electrons. The smallest absolute Gasteiger partial charge is 0.367 e. The second kappa shape index (κ2) is 6.94. The van der Waals surface area contributed by atoms with Crippen LogP contribution in [0.3, 0.4) is 0 Å². The third-order valence-corrected chi connectivity index (χ3v) is 9.22. The molecular weight excluding hydrogens is 391 g/mol. The first kappa shape index (κ1) is 20.4. The Bertz CT molecular complexity index is 943. The normalized spacial score (nSPS) is 33.7. The van der Waals surface area contributed by atoms with Gasteiger partial charge in [0.05, 0.1) is 0 Å². The zero-order chi connectivity index (χ0) is 20.0. The van der Waals surface area contributed by atoms with E-state index in [1.807, 2.05) is 6.92 Å². The third-order valence-electron chi connectivity index (χ3n) is 4.62. The Hall–Kier alpha value is -1.31. The van der Waals surface area contributed by atoms with E-state index in [2.05, 4.69) is 4.98 Å². The van der Waals surface area contributed by atoms with Crippen LogP contribution in [-0.4, -0.2) is 32.8 Å². The molecule has 0 aliphatic carbocycles. The van der Waals surface area contributed by atoms with Gasteiger partial charge < -0.3 is 14.9 Å². The van der Waals surface area contributed by atoms with Gasteiger partial charge in [0.25, 0.3) is 5.08 Å². The van der Waals surface area contributed by atoms with Crippen LogP contribution in [0.15, 0.2) is 36.7 Å². The molecule has 1 aromatic heterocycles. The molecule has 1 saturated heterocycles. The van der Waals surface area contributed by atoms with E-state index < -0.39 is 33.0 Å². The van der Waals surface area contributed by atoms with Gasteiger partial charge in [-0.2, -0.15) is 0 Å². The largest absolute Gasteiger partial charge is 0.374 e. The van der Waals surface area contributed by atoms with Crippen molar-refractivity contribution < 1.29 is 33.1 Å². The summed E-state index contributed by atoms with van der Waals surface area (Å²) in [7, 11) is -4.05. The molecule has 3 rings (SSSR count). The van der Waals surface area contributed by atoms with E-state index in [0.717, 1.165) is 5.56 Å². The number of benzene rings is 1. The van der Waals surface area contributed by atoms with Crippen molar-refractivity contribution >= 4 is 28.5 Å². The van der Waals surface area contributed by atoms with Gasteiger partial charge in [-0.1, -0.05) is 29.2 Å². The molecule has 8 nitrogen and oxygen atoms in total. The lowest BCUT2D eigenvalue weighted by molar-refractivity contribution is -0.0573. The average molecular weight is 409 g/mol. The molecule has 0 amide bonds. The first-order valence-corrected chi connectivity index (χ1v) is 11.1. The molecule has 1 aliphatic rings. The van der Waals surface area contributed by atoms with Crippen LogP contribution in [0.5, 0.6) is 0 Å². The maximum absolute atomic E-state index is 12.8. The molecule has 27 heavy (non-hydrogen) atoms. The van der Waals surface area contributed by atoms with Crippen molar-refractivity contribution in [3.63, 3.8) is 0 Å². The topological polar surface area (TPSA) is 126 Å². The summed E-state index contributed by atoms with van der Waals surface area (Å²) in [6.07, 6.45) is 0.421. The van der Waals surface area contributed by atoms with Crippen LogP contribution in [0.25, 0.3) is 0 Å². The molecule has 0 spiro atoms. The van der Waals surface area contributed by atoms with E-state index in [9.17, 15) is 24.0 Å². The highest BCUT2D eigenvalue weighted by Crippen LogP contribution is 2.78. The van der Waals surface area contributed by atoms with E-state index in [1.165, 1.54) is 30.6 Å². The SMILES string of the molecule is [B]c1c(C2OP(=O)(O)C(O)(Cc3cccnc3)P(=O)(O)O2)ccc(C)c1C. The van der Waals surface area contributed by atoms with Gasteiger partial charge in [0, 0.05) is 24.4 Å². The Balaban J connectivity index is 2.01. The number of aryl methyl sites for hydroxylation is 1. The van der Waals surface area contributed by atoms with Crippen LogP contribution in [0.2, 0.25) is 0 Å². The van der Waals surface area contributed by atoms with E-state index >= 15 is 0 Å². The Morgan fingerprint density at radius 1 is 1.19 bits per heavy atom. The number of aromatic nitrogens is 1. The van der Waals surface area contributed by atoms with E-state index in [0.29, 0.717) is 5.56 Å². The molecule has 2 unspecified atom stereocenters. The average Bonchev–Trinajstić information content (AvgIpc) is 2.58. The molecule has 1 aliphatic heterocycles. The highest BCUT2D eigenvalue weighted by atomic mass is 31.2. The van der Waals surface area contributed by atoms with Crippen molar-refractivity contribution in [2.45, 2.75) is 31.6 Å². The van der Waals surface area contributed by atoms with Crippen molar-refractivity contribution in [1.82, 2.24) is 4.98 Å². The minimum Gasteiger partial charge on any atom is -0.367 e. The van der Waals surface area contributed by atoms with Crippen molar-refractivity contribution in [2.75, 3.05) is 0 Å². The zero-order valence-electron chi connectivity index (χ0n) is 14.6. The minimum absolute atomic E-state index is 0.130. The summed E-state index contributed by atoms with van der Waals surface area (Å²) < 4.78 is 35.7. The number of hydrogen-bond donors (Lipinski definition) is 3. The summed E-state index contributed by atoms with van der Waals surface area (Å²) in [5, 5.41) is 7.64. The molecule has 3 N–H and O–H groups in total. The standard InChI is InChI=1S/C16H18BNO7P2/c1-10-5-6-13(14(17)11(10)2)15-24-26(20,21)16(19,27(22,23)25-15)8-12-4-3-7-18-9-12/h3-7,9,15,19H,8H2,1-2H3,(H,20,21)(H,22,23). The van der Waals surface area contributed by atoms with Crippen molar-refractivity contribution in [3.05, 3.63) is 58.9 Å². The molecule has 1 aromatic carbocycles. The summed E-state index contributed by atoms with van der Waals surface area (Å²) in [5.41, 5.74) is 2.14. The van der Waals surface area contributed by atoms with E-state index in [1.54, 1.807) is 13.0 Å². The lowest BCUT2D eigenvalue weighted by Crippen LogP contribution is -2.38. The van der Waals surface area contributed by atoms with Crippen LogP contribution in [0.4, 0.5) is 0 Å². The van der Waals surface area contributed by atoms with Crippen LogP contribution < -0.4 is 5.46 Å². The molecule has 0 saturated carbocycles. The Morgan fingerprint density at radius 3 is 2.37 bits per heavy atom. The van der Waals surface area contributed by atoms with Crippen LogP contribution in [-0.2, 0) is 24.6 Å². The summed E-state index contributed by atoms with van der Waals surface area (Å²) in [6.45, 7) is 3.55. The third kappa shape index (κ3) is 3.45. The quantitative estimate of drug-likeness (QED) is 0.518. The number of rotatable bonds is 3. The maximum atomic E-state index is 12.8. The zero-order valence-corrected chi connectivity index (χ0v) is 16.4. The van der Waals surface area contributed by atoms with Gasteiger partial charge in [0.2, 0.25) is 6.29 Å². The van der Waals surface area contributed by atoms with Gasteiger partial charge in [-0.15, -0.1) is 0 Å². The molecule has 0 bridgehead atoms. The molecule has 2 radical (unpaired) electrons. The highest BCUT2D eigenvalue weighted by molar-refractivity contribution is 7.73. The number of hydrogen-bond acceptors (Lipinski definition) is 6. The molecular formula is C16H18BNO7P2. The van der Waals surface area contributed by atoms with Crippen LogP contribution >= 0.6 is 15.2 Å². The molecule has 2 atom stereocenters. The Labute approximate surface area is 157 Å². The molecule has 11 heteroatoms. The highest BCUT2D eigenvalue weighted by Gasteiger charge is 2.67. The minimum atomic E-state index is -5.03. The number of pyridine rings is 1. The Kier molecular flexibility index (Phi) is 5.25. The van der Waals surface area contributed by atoms with Crippen molar-refractivity contribution in [2.24, 2.45) is 0 Å². The number of aliphatic hydroxyl groups is 1. The fraction of sp³-hybridized carbons (Fsp3) is 0.312. The second-order valence-electron chi connectivity index (χ2n) is 6.41. The predicted molar refractivity (Wildman–Crippen MR) is 98.8 cm³/mol. The lowest BCUT2D eigenvalue weighted by atomic mass is 9.84. The van der Waals surface area contributed by atoms with E-state index in [4.69, 9.17) is 16.9 Å². The first-order chi connectivity index (χ1) is 12.5. The second-order valence-corrected chi connectivity index (χ2v) is 10.7. The number of nitrogens with zero attached hydrogens (tertiary/aromatic N) is 1. The van der Waals surface area contributed by atoms with Gasteiger partial charge in [0.1, 0.15) is 7.85 Å². The summed E-state index contributed by atoms with van der Waals surface area (Å²) in [6, 6.07) is 6.16. The van der Waals surface area contributed by atoms with Gasteiger partial charge in [-0.3, -0.25) is 23.2 Å². The predicted octanol–water partition coefficient (Wildman–Crippen LogP) is 1.80. The molecule has 1 fully saturated rings. The van der Waals surface area contributed by atoms with Gasteiger partial charge >= 0.3 is 15.2 Å². The van der Waals surface area contributed by atoms with Gasteiger partial charge in [-0.05, 0) is 31.0 Å². The van der Waals surface area contributed by atoms with Crippen molar-refractivity contribution in [1.29, 1.82) is 0 Å². The maximum Gasteiger partial charge on any atom is 0.374 e. The van der Waals surface area contributed by atoms with Crippen molar-refractivity contribution in [3.8, 4) is 0 Å². The molecule has 2 heterocycles. The van der Waals surface area contributed by atoms with Gasteiger partial charge in [-0.25, -0.2) is 0 Å². The monoisotopic (exact) mass is 409 g/mol. The Morgan fingerprint density at radius 2 is 1.81 bits per heavy atom. The summed E-state index contributed by atoms with van der Waals surface area (Å²) >= 11 is 0. The summed E-state index contributed by atoms with van der Waals surface area (Å²) in [5.74, 6) is 0. The van der Waals surface area contributed by atoms with Gasteiger partial charge in [0.15, 0.2) is 0 Å². The van der Waals surface area contributed by atoms with Crippen LogP contribution in [0.1, 0.15) is 28.5 Å². The molecule has 2 aromatic rings. The van der Waals surface area contributed by atoms with Crippen LogP contribution in [0, 0.1) is 13.8 Å².